The first kappa shape index (κ1) is 15.6. The molecule has 0 amide bonds. The van der Waals surface area contributed by atoms with E-state index in [0.29, 0.717) is 11.6 Å². The Morgan fingerprint density at radius 2 is 2.09 bits per heavy atom. The second-order valence-electron chi connectivity index (χ2n) is 5.67. The highest BCUT2D eigenvalue weighted by atomic mass is 16.5. The van der Waals surface area contributed by atoms with Gasteiger partial charge in [0.15, 0.2) is 0 Å². The molecule has 1 aromatic heterocycles. The summed E-state index contributed by atoms with van der Waals surface area (Å²) in [6.45, 7) is 5.88. The Balaban J connectivity index is 2.20. The summed E-state index contributed by atoms with van der Waals surface area (Å²) in [6.07, 6.45) is 1.60. The minimum atomic E-state index is -0.280. The zero-order valence-electron chi connectivity index (χ0n) is 13.0. The minimum absolute atomic E-state index is 0.183. The third-order valence-electron chi connectivity index (χ3n) is 2.88. The maximum Gasteiger partial charge on any atom is 0.252 e. The number of benzene rings is 1. The monoisotopic (exact) mass is 298 g/mol. The second-order valence-corrected chi connectivity index (χ2v) is 5.67. The molecule has 0 fully saturated rings. The van der Waals surface area contributed by atoms with Crippen molar-refractivity contribution in [2.45, 2.75) is 26.2 Å². The molecule has 2 rings (SSSR count). The molecule has 114 valence electrons. The fourth-order valence-corrected chi connectivity index (χ4v) is 1.73. The first-order chi connectivity index (χ1) is 10.5. The number of para-hydroxylation sites is 1. The number of rotatable bonds is 4. The SMILES string of the molecule is COc1ccccc1C=NNc1oc(C(C)(C)C)nc1C#N. The molecule has 22 heavy (non-hydrogen) atoms. The highest BCUT2D eigenvalue weighted by molar-refractivity contribution is 5.83. The van der Waals surface area contributed by atoms with Crippen molar-refractivity contribution in [2.75, 3.05) is 12.5 Å². The van der Waals surface area contributed by atoms with Crippen LogP contribution in [0.15, 0.2) is 33.8 Å². The fraction of sp³-hybridized carbons (Fsp3) is 0.312. The molecule has 0 radical (unpaired) electrons. The van der Waals surface area contributed by atoms with E-state index < -0.39 is 0 Å². The number of hydrogen-bond acceptors (Lipinski definition) is 6. The van der Waals surface area contributed by atoms with E-state index in [4.69, 9.17) is 14.4 Å². The van der Waals surface area contributed by atoms with Gasteiger partial charge in [0.1, 0.15) is 11.8 Å². The summed E-state index contributed by atoms with van der Waals surface area (Å²) < 4.78 is 10.8. The summed E-state index contributed by atoms with van der Waals surface area (Å²) in [5.74, 6) is 1.43. The third kappa shape index (κ3) is 3.44. The highest BCUT2D eigenvalue weighted by Crippen LogP contribution is 2.26. The lowest BCUT2D eigenvalue weighted by Gasteiger charge is -2.11. The molecule has 0 aliphatic carbocycles. The summed E-state index contributed by atoms with van der Waals surface area (Å²) >= 11 is 0. The van der Waals surface area contributed by atoms with Crippen LogP contribution in [0.1, 0.15) is 37.9 Å². The molecule has 6 nitrogen and oxygen atoms in total. The normalized spacial score (nSPS) is 11.4. The van der Waals surface area contributed by atoms with Crippen LogP contribution >= 0.6 is 0 Å². The lowest BCUT2D eigenvalue weighted by molar-refractivity contribution is 0.399. The van der Waals surface area contributed by atoms with Gasteiger partial charge < -0.3 is 9.15 Å². The Kier molecular flexibility index (Phi) is 4.47. The lowest BCUT2D eigenvalue weighted by Crippen LogP contribution is -2.11. The van der Waals surface area contributed by atoms with Gasteiger partial charge in [-0.25, -0.2) is 5.43 Å². The molecule has 2 aromatic rings. The lowest BCUT2D eigenvalue weighted by atomic mass is 9.97. The topological polar surface area (TPSA) is 83.4 Å². The van der Waals surface area contributed by atoms with Gasteiger partial charge in [-0.05, 0) is 12.1 Å². The number of ether oxygens (including phenoxy) is 1. The predicted octanol–water partition coefficient (Wildman–Crippen LogP) is 3.30. The average Bonchev–Trinajstić information content (AvgIpc) is 2.91. The van der Waals surface area contributed by atoms with Crippen molar-refractivity contribution in [1.29, 1.82) is 5.26 Å². The predicted molar refractivity (Wildman–Crippen MR) is 84.1 cm³/mol. The molecule has 0 saturated heterocycles. The Morgan fingerprint density at radius 3 is 2.73 bits per heavy atom. The van der Waals surface area contributed by atoms with E-state index in [-0.39, 0.29) is 17.0 Å². The molecule has 0 bridgehead atoms. The van der Waals surface area contributed by atoms with E-state index in [1.807, 2.05) is 51.1 Å². The smallest absolute Gasteiger partial charge is 0.252 e. The number of anilines is 1. The van der Waals surface area contributed by atoms with Crippen molar-refractivity contribution in [3.05, 3.63) is 41.4 Å². The van der Waals surface area contributed by atoms with Crippen LogP contribution in [-0.2, 0) is 5.41 Å². The number of aromatic nitrogens is 1. The Morgan fingerprint density at radius 1 is 1.36 bits per heavy atom. The van der Waals surface area contributed by atoms with Crippen molar-refractivity contribution in [3.8, 4) is 11.8 Å². The molecule has 0 saturated carbocycles. The second kappa shape index (κ2) is 6.31. The van der Waals surface area contributed by atoms with Gasteiger partial charge in [-0.15, -0.1) is 0 Å². The van der Waals surface area contributed by atoms with Crippen molar-refractivity contribution in [3.63, 3.8) is 0 Å². The molecule has 0 atom stereocenters. The first-order valence-corrected chi connectivity index (χ1v) is 6.79. The number of oxazole rings is 1. The molecule has 0 aliphatic rings. The molecular formula is C16H18N4O2. The minimum Gasteiger partial charge on any atom is -0.496 e. The van der Waals surface area contributed by atoms with Gasteiger partial charge in [0, 0.05) is 11.0 Å². The zero-order valence-corrected chi connectivity index (χ0v) is 13.0. The molecule has 1 heterocycles. The van der Waals surface area contributed by atoms with E-state index >= 15 is 0 Å². The van der Waals surface area contributed by atoms with Crippen LogP contribution in [0.25, 0.3) is 0 Å². The van der Waals surface area contributed by atoms with Gasteiger partial charge in [-0.2, -0.15) is 15.3 Å². The van der Waals surface area contributed by atoms with Crippen LogP contribution < -0.4 is 10.2 Å². The Labute approximate surface area is 129 Å². The van der Waals surface area contributed by atoms with E-state index in [1.165, 1.54) is 0 Å². The van der Waals surface area contributed by atoms with Gasteiger partial charge in [0.25, 0.3) is 5.88 Å². The van der Waals surface area contributed by atoms with Gasteiger partial charge >= 0.3 is 0 Å². The van der Waals surface area contributed by atoms with Crippen LogP contribution in [0.5, 0.6) is 5.75 Å². The standard InChI is InChI=1S/C16H18N4O2/c1-16(2,3)15-19-12(9-17)14(22-15)20-18-10-11-7-5-6-8-13(11)21-4/h5-8,10,20H,1-4H3. The first-order valence-electron chi connectivity index (χ1n) is 6.79. The molecule has 6 heteroatoms. The molecule has 1 N–H and O–H groups in total. The quantitative estimate of drug-likeness (QED) is 0.691. The Bertz CT molecular complexity index is 720. The zero-order chi connectivity index (χ0) is 16.2. The van der Waals surface area contributed by atoms with Gasteiger partial charge in [0.2, 0.25) is 11.6 Å². The van der Waals surface area contributed by atoms with E-state index in [2.05, 4.69) is 15.5 Å². The largest absolute Gasteiger partial charge is 0.496 e. The molecule has 1 aromatic carbocycles. The Hall–Kier alpha value is -2.81. The average molecular weight is 298 g/mol. The van der Waals surface area contributed by atoms with Gasteiger partial charge in [0.05, 0.1) is 13.3 Å². The number of nitriles is 1. The maximum absolute atomic E-state index is 9.11. The van der Waals surface area contributed by atoms with Gasteiger partial charge in [-0.3, -0.25) is 0 Å². The number of hydrazone groups is 1. The summed E-state index contributed by atoms with van der Waals surface area (Å²) in [4.78, 5) is 4.17. The van der Waals surface area contributed by atoms with Crippen LogP contribution in [0.2, 0.25) is 0 Å². The van der Waals surface area contributed by atoms with Crippen LogP contribution in [0.4, 0.5) is 5.88 Å². The fourth-order valence-electron chi connectivity index (χ4n) is 1.73. The molecule has 0 spiro atoms. The summed E-state index contributed by atoms with van der Waals surface area (Å²) in [5.41, 5.74) is 3.43. The highest BCUT2D eigenvalue weighted by Gasteiger charge is 2.23. The van der Waals surface area contributed by atoms with E-state index in [1.54, 1.807) is 13.3 Å². The third-order valence-corrected chi connectivity index (χ3v) is 2.88. The van der Waals surface area contributed by atoms with Crippen molar-refractivity contribution >= 4 is 12.1 Å². The molecule has 0 unspecified atom stereocenters. The number of methoxy groups -OCH3 is 1. The van der Waals surface area contributed by atoms with Crippen molar-refractivity contribution in [1.82, 2.24) is 4.98 Å². The number of hydrogen-bond donors (Lipinski definition) is 1. The van der Waals surface area contributed by atoms with E-state index in [0.717, 1.165) is 5.56 Å². The maximum atomic E-state index is 9.11. The summed E-state index contributed by atoms with van der Waals surface area (Å²) in [7, 11) is 1.60. The molecular weight excluding hydrogens is 280 g/mol. The van der Waals surface area contributed by atoms with Crippen molar-refractivity contribution < 1.29 is 9.15 Å². The molecule has 0 aliphatic heterocycles. The summed E-state index contributed by atoms with van der Waals surface area (Å²) in [5, 5.41) is 13.2. The van der Waals surface area contributed by atoms with Gasteiger partial charge in [-0.1, -0.05) is 32.9 Å². The van der Waals surface area contributed by atoms with Crippen molar-refractivity contribution in [2.24, 2.45) is 5.10 Å². The summed E-state index contributed by atoms with van der Waals surface area (Å²) in [6, 6.07) is 9.47. The number of nitrogens with one attached hydrogen (secondary N) is 1. The van der Waals surface area contributed by atoms with Crippen LogP contribution in [-0.4, -0.2) is 18.3 Å². The van der Waals surface area contributed by atoms with Crippen LogP contribution in [0, 0.1) is 11.3 Å². The number of nitrogens with zero attached hydrogens (tertiary/aromatic N) is 3. The van der Waals surface area contributed by atoms with Crippen LogP contribution in [0.3, 0.4) is 0 Å². The van der Waals surface area contributed by atoms with E-state index in [9.17, 15) is 0 Å².